The van der Waals surface area contributed by atoms with E-state index < -0.39 is 0 Å². The normalized spacial score (nSPS) is 15.8. The molecule has 0 aromatic carbocycles. The van der Waals surface area contributed by atoms with Crippen molar-refractivity contribution >= 4 is 35.8 Å². The molecule has 2 heterocycles. The molecule has 1 aliphatic heterocycles. The van der Waals surface area contributed by atoms with Crippen molar-refractivity contribution in [3.05, 3.63) is 17.5 Å². The van der Waals surface area contributed by atoms with E-state index >= 15 is 0 Å². The van der Waals surface area contributed by atoms with Gasteiger partial charge in [-0.05, 0) is 32.6 Å². The van der Waals surface area contributed by atoms with E-state index in [-0.39, 0.29) is 29.9 Å². The molecule has 3 N–H and O–H groups in total. The van der Waals surface area contributed by atoms with Crippen LogP contribution in [-0.2, 0) is 17.8 Å². The number of carbonyl (C=O) groups excluding carboxylic acids is 1. The Bertz CT molecular complexity index is 599. The molecule has 0 saturated carbocycles. The zero-order chi connectivity index (χ0) is 19.5. The Hall–Kier alpha value is -1.36. The first-order valence-corrected chi connectivity index (χ1v) is 10.1. The van der Waals surface area contributed by atoms with Crippen LogP contribution in [0.3, 0.4) is 0 Å². The van der Waals surface area contributed by atoms with Crippen molar-refractivity contribution < 1.29 is 9.32 Å². The molecule has 0 radical (unpaired) electrons. The standard InChI is InChI=1S/C19H34N6O2.HI/c1-4-9-21-18(26)14-25-10-7-16(8-11-25)23-19(20-6-3)22-13-17-12-15(5-2)24-27-17;/h12,16H,4-11,13-14H2,1-3H3,(H,21,26)(H2,20,22,23);1H. The summed E-state index contributed by atoms with van der Waals surface area (Å²) in [5, 5.41) is 13.7. The minimum atomic E-state index is 0. The molecular formula is C19H35IN6O2. The molecule has 160 valence electrons. The minimum Gasteiger partial charge on any atom is -0.359 e. The Balaban J connectivity index is 0.00000392. The number of rotatable bonds is 9. The predicted molar refractivity (Wildman–Crippen MR) is 122 cm³/mol. The highest BCUT2D eigenvalue weighted by Crippen LogP contribution is 2.10. The van der Waals surface area contributed by atoms with E-state index in [0.717, 1.165) is 69.3 Å². The fourth-order valence-corrected chi connectivity index (χ4v) is 3.03. The second-order valence-corrected chi connectivity index (χ2v) is 6.88. The van der Waals surface area contributed by atoms with Gasteiger partial charge < -0.3 is 20.5 Å². The number of halogens is 1. The van der Waals surface area contributed by atoms with Gasteiger partial charge in [-0.1, -0.05) is 19.0 Å². The van der Waals surface area contributed by atoms with Crippen LogP contribution in [-0.4, -0.2) is 60.7 Å². The van der Waals surface area contributed by atoms with Gasteiger partial charge in [-0.15, -0.1) is 24.0 Å². The lowest BCUT2D eigenvalue weighted by Gasteiger charge is -2.32. The summed E-state index contributed by atoms with van der Waals surface area (Å²) in [7, 11) is 0. The van der Waals surface area contributed by atoms with E-state index in [9.17, 15) is 4.79 Å². The molecule has 28 heavy (non-hydrogen) atoms. The molecule has 0 aliphatic carbocycles. The number of nitrogens with one attached hydrogen (secondary N) is 3. The Kier molecular flexibility index (Phi) is 12.1. The number of carbonyl (C=O) groups is 1. The van der Waals surface area contributed by atoms with Crippen LogP contribution in [0.4, 0.5) is 0 Å². The number of hydrogen-bond acceptors (Lipinski definition) is 5. The third kappa shape index (κ3) is 8.76. The van der Waals surface area contributed by atoms with Crippen molar-refractivity contribution in [1.82, 2.24) is 26.0 Å². The van der Waals surface area contributed by atoms with E-state index in [2.05, 4.69) is 51.8 Å². The maximum atomic E-state index is 11.8. The van der Waals surface area contributed by atoms with E-state index in [1.165, 1.54) is 0 Å². The third-order valence-corrected chi connectivity index (χ3v) is 4.58. The van der Waals surface area contributed by atoms with Crippen molar-refractivity contribution in [2.24, 2.45) is 4.99 Å². The highest BCUT2D eigenvalue weighted by Gasteiger charge is 2.21. The molecule has 1 amide bonds. The summed E-state index contributed by atoms with van der Waals surface area (Å²) in [6.45, 7) is 10.5. The summed E-state index contributed by atoms with van der Waals surface area (Å²) in [6.07, 6.45) is 3.82. The lowest BCUT2D eigenvalue weighted by molar-refractivity contribution is -0.122. The van der Waals surface area contributed by atoms with Gasteiger partial charge in [-0.3, -0.25) is 9.69 Å². The first-order chi connectivity index (χ1) is 13.1. The topological polar surface area (TPSA) is 94.8 Å². The number of likely N-dealkylation sites (tertiary alicyclic amines) is 1. The zero-order valence-electron chi connectivity index (χ0n) is 17.3. The fraction of sp³-hybridized carbons (Fsp3) is 0.737. The lowest BCUT2D eigenvalue weighted by Crippen LogP contribution is -2.50. The van der Waals surface area contributed by atoms with Crippen LogP contribution in [0, 0.1) is 0 Å². The molecule has 1 fully saturated rings. The van der Waals surface area contributed by atoms with E-state index in [0.29, 0.717) is 19.1 Å². The fourth-order valence-electron chi connectivity index (χ4n) is 3.03. The van der Waals surface area contributed by atoms with Crippen molar-refractivity contribution in [3.8, 4) is 0 Å². The lowest BCUT2D eigenvalue weighted by atomic mass is 10.1. The summed E-state index contributed by atoms with van der Waals surface area (Å²) in [5.74, 6) is 1.69. The van der Waals surface area contributed by atoms with E-state index in [4.69, 9.17) is 4.52 Å². The number of aromatic nitrogens is 1. The van der Waals surface area contributed by atoms with E-state index in [1.54, 1.807) is 0 Å². The first kappa shape index (κ1) is 24.7. The van der Waals surface area contributed by atoms with Gasteiger partial charge in [0.05, 0.1) is 12.2 Å². The number of aryl methyl sites for hydroxylation is 1. The summed E-state index contributed by atoms with van der Waals surface area (Å²) < 4.78 is 5.30. The highest BCUT2D eigenvalue weighted by molar-refractivity contribution is 14.0. The van der Waals surface area contributed by atoms with Crippen molar-refractivity contribution in [1.29, 1.82) is 0 Å². The molecule has 1 aliphatic rings. The molecule has 0 atom stereocenters. The SMILES string of the molecule is CCCNC(=O)CN1CCC(NC(=NCc2cc(CC)no2)NCC)CC1.I. The molecule has 9 heteroatoms. The predicted octanol–water partition coefficient (Wildman–Crippen LogP) is 1.90. The Morgan fingerprint density at radius 3 is 2.64 bits per heavy atom. The summed E-state index contributed by atoms with van der Waals surface area (Å²) in [4.78, 5) is 18.7. The van der Waals surface area contributed by atoms with Crippen LogP contribution < -0.4 is 16.0 Å². The number of nitrogens with zero attached hydrogens (tertiary/aromatic N) is 3. The van der Waals surface area contributed by atoms with Gasteiger partial charge in [0.15, 0.2) is 11.7 Å². The Morgan fingerprint density at radius 1 is 1.29 bits per heavy atom. The number of aliphatic imine (C=N–C) groups is 1. The van der Waals surface area contributed by atoms with Crippen LogP contribution in [0.15, 0.2) is 15.6 Å². The minimum absolute atomic E-state index is 0. The number of hydrogen-bond donors (Lipinski definition) is 3. The second kappa shape index (κ2) is 13.8. The molecule has 1 saturated heterocycles. The van der Waals surface area contributed by atoms with Crippen LogP contribution in [0.5, 0.6) is 0 Å². The molecular weight excluding hydrogens is 471 g/mol. The van der Waals surface area contributed by atoms with Crippen LogP contribution in [0.1, 0.15) is 51.5 Å². The van der Waals surface area contributed by atoms with Gasteiger partial charge >= 0.3 is 0 Å². The molecule has 0 spiro atoms. The van der Waals surface area contributed by atoms with Crippen molar-refractivity contribution in [2.45, 2.75) is 59.0 Å². The first-order valence-electron chi connectivity index (χ1n) is 10.1. The maximum absolute atomic E-state index is 11.8. The van der Waals surface area contributed by atoms with Gasteiger partial charge in [0.25, 0.3) is 0 Å². The van der Waals surface area contributed by atoms with E-state index in [1.807, 2.05) is 6.07 Å². The van der Waals surface area contributed by atoms with Crippen LogP contribution in [0.2, 0.25) is 0 Å². The highest BCUT2D eigenvalue weighted by atomic mass is 127. The number of guanidine groups is 1. The Labute approximate surface area is 185 Å². The maximum Gasteiger partial charge on any atom is 0.234 e. The average Bonchev–Trinajstić information content (AvgIpc) is 3.14. The molecule has 0 bridgehead atoms. The summed E-state index contributed by atoms with van der Waals surface area (Å²) in [6, 6.07) is 2.31. The Morgan fingerprint density at radius 2 is 2.04 bits per heavy atom. The molecule has 2 rings (SSSR count). The molecule has 1 aromatic heterocycles. The largest absolute Gasteiger partial charge is 0.359 e. The van der Waals surface area contributed by atoms with Crippen LogP contribution in [0.25, 0.3) is 0 Å². The summed E-state index contributed by atoms with van der Waals surface area (Å²) in [5.41, 5.74) is 0.952. The van der Waals surface area contributed by atoms with Crippen molar-refractivity contribution in [3.63, 3.8) is 0 Å². The van der Waals surface area contributed by atoms with Gasteiger partial charge in [0, 0.05) is 38.3 Å². The number of amides is 1. The molecule has 1 aromatic rings. The second-order valence-electron chi connectivity index (χ2n) is 6.88. The molecule has 0 unspecified atom stereocenters. The third-order valence-electron chi connectivity index (χ3n) is 4.58. The van der Waals surface area contributed by atoms with Crippen LogP contribution >= 0.6 is 24.0 Å². The quantitative estimate of drug-likeness (QED) is 0.269. The van der Waals surface area contributed by atoms with Gasteiger partial charge in [-0.25, -0.2) is 4.99 Å². The number of piperidine rings is 1. The van der Waals surface area contributed by atoms with Crippen molar-refractivity contribution in [2.75, 3.05) is 32.7 Å². The van der Waals surface area contributed by atoms with Gasteiger partial charge in [0.1, 0.15) is 6.54 Å². The zero-order valence-corrected chi connectivity index (χ0v) is 19.6. The average molecular weight is 506 g/mol. The summed E-state index contributed by atoms with van der Waals surface area (Å²) >= 11 is 0. The molecule has 8 nitrogen and oxygen atoms in total. The smallest absolute Gasteiger partial charge is 0.234 e. The monoisotopic (exact) mass is 506 g/mol. The van der Waals surface area contributed by atoms with Gasteiger partial charge in [0.2, 0.25) is 5.91 Å². The van der Waals surface area contributed by atoms with Gasteiger partial charge in [-0.2, -0.15) is 0 Å².